The number of anilines is 1. The molecule has 0 amide bonds. The number of guanidine groups is 1. The zero-order chi connectivity index (χ0) is 19.2. The van der Waals surface area contributed by atoms with Gasteiger partial charge in [-0.1, -0.05) is 22.8 Å². The summed E-state index contributed by atoms with van der Waals surface area (Å²) in [7, 11) is 0. The molecule has 0 aliphatic carbocycles. The molecule has 1 fully saturated rings. The maximum atomic E-state index is 6.18. The molecule has 7 nitrogen and oxygen atoms in total. The van der Waals surface area contributed by atoms with Crippen molar-refractivity contribution in [3.63, 3.8) is 0 Å². The summed E-state index contributed by atoms with van der Waals surface area (Å²) in [6, 6.07) is 6.07. The van der Waals surface area contributed by atoms with Crippen molar-refractivity contribution in [2.45, 2.75) is 27.2 Å². The Labute approximate surface area is 165 Å². The van der Waals surface area contributed by atoms with Gasteiger partial charge in [-0.3, -0.25) is 4.99 Å². The van der Waals surface area contributed by atoms with E-state index in [9.17, 15) is 0 Å². The van der Waals surface area contributed by atoms with E-state index in [1.807, 2.05) is 13.0 Å². The van der Waals surface area contributed by atoms with Crippen LogP contribution < -0.4 is 10.2 Å². The van der Waals surface area contributed by atoms with Gasteiger partial charge < -0.3 is 19.6 Å². The van der Waals surface area contributed by atoms with Crippen LogP contribution in [0.1, 0.15) is 24.2 Å². The van der Waals surface area contributed by atoms with Crippen molar-refractivity contribution in [2.75, 3.05) is 44.2 Å². The van der Waals surface area contributed by atoms with Crippen LogP contribution in [0.2, 0.25) is 5.02 Å². The fraction of sp³-hybridized carbons (Fsp3) is 0.526. The molecule has 1 N–H and O–H groups in total. The number of nitrogens with zero attached hydrogens (tertiary/aromatic N) is 5. The van der Waals surface area contributed by atoms with Gasteiger partial charge >= 0.3 is 0 Å². The lowest BCUT2D eigenvalue weighted by Crippen LogP contribution is -2.52. The molecule has 3 rings (SSSR count). The molecule has 27 heavy (non-hydrogen) atoms. The van der Waals surface area contributed by atoms with Gasteiger partial charge in [0.15, 0.2) is 11.8 Å². The SMILES string of the molecule is CCNC(=NCCc1nc(C)no1)N1CCN(c2cc(Cl)ccc2C)CC1. The molecule has 0 spiro atoms. The van der Waals surface area contributed by atoms with Gasteiger partial charge in [-0.15, -0.1) is 0 Å². The van der Waals surface area contributed by atoms with Gasteiger partial charge in [0.2, 0.25) is 5.89 Å². The highest BCUT2D eigenvalue weighted by atomic mass is 35.5. The highest BCUT2D eigenvalue weighted by molar-refractivity contribution is 6.30. The van der Waals surface area contributed by atoms with Crippen LogP contribution in [0.15, 0.2) is 27.7 Å². The number of aromatic nitrogens is 2. The van der Waals surface area contributed by atoms with Gasteiger partial charge in [0.25, 0.3) is 0 Å². The second-order valence-electron chi connectivity index (χ2n) is 6.63. The number of halogens is 1. The maximum Gasteiger partial charge on any atom is 0.228 e. The smallest absolute Gasteiger partial charge is 0.228 e. The van der Waals surface area contributed by atoms with Crippen LogP contribution in [0.3, 0.4) is 0 Å². The van der Waals surface area contributed by atoms with E-state index in [0.29, 0.717) is 24.7 Å². The van der Waals surface area contributed by atoms with Crippen molar-refractivity contribution in [1.29, 1.82) is 0 Å². The summed E-state index contributed by atoms with van der Waals surface area (Å²) in [5, 5.41) is 7.99. The second-order valence-corrected chi connectivity index (χ2v) is 7.06. The van der Waals surface area contributed by atoms with Gasteiger partial charge in [-0.25, -0.2) is 0 Å². The molecule has 0 bridgehead atoms. The quantitative estimate of drug-likeness (QED) is 0.625. The van der Waals surface area contributed by atoms with Crippen LogP contribution in [-0.4, -0.2) is 60.3 Å². The molecular weight excluding hydrogens is 364 g/mol. The molecule has 0 atom stereocenters. The molecule has 0 unspecified atom stereocenters. The average Bonchev–Trinajstić information content (AvgIpc) is 3.08. The summed E-state index contributed by atoms with van der Waals surface area (Å²) < 4.78 is 5.15. The lowest BCUT2D eigenvalue weighted by Gasteiger charge is -2.38. The number of hydrogen-bond donors (Lipinski definition) is 1. The minimum atomic E-state index is 0.623. The van der Waals surface area contributed by atoms with E-state index in [2.05, 4.69) is 51.2 Å². The number of aliphatic imine (C=N–C) groups is 1. The molecule has 1 aliphatic heterocycles. The standard InChI is InChI=1S/C19H27ClN6O/c1-4-21-19(22-8-7-18-23-15(3)24-27-18)26-11-9-25(10-12-26)17-13-16(20)6-5-14(17)2/h5-6,13H,4,7-12H2,1-3H3,(H,21,22). The molecule has 1 aromatic carbocycles. The van der Waals surface area contributed by atoms with Crippen molar-refractivity contribution >= 4 is 23.2 Å². The molecule has 2 heterocycles. The first-order valence-corrected chi connectivity index (χ1v) is 9.78. The van der Waals surface area contributed by atoms with Crippen LogP contribution in [0.25, 0.3) is 0 Å². The molecule has 146 valence electrons. The Kier molecular flexibility index (Phi) is 6.55. The first-order chi connectivity index (χ1) is 13.1. The monoisotopic (exact) mass is 390 g/mol. The molecule has 1 aromatic heterocycles. The topological polar surface area (TPSA) is 69.8 Å². The third-order valence-electron chi connectivity index (χ3n) is 4.58. The van der Waals surface area contributed by atoms with E-state index in [-0.39, 0.29) is 0 Å². The zero-order valence-corrected chi connectivity index (χ0v) is 17.0. The van der Waals surface area contributed by atoms with E-state index in [0.717, 1.165) is 43.7 Å². The number of hydrogen-bond acceptors (Lipinski definition) is 5. The highest BCUT2D eigenvalue weighted by Gasteiger charge is 2.21. The molecule has 8 heteroatoms. The fourth-order valence-electron chi connectivity index (χ4n) is 3.21. The Balaban J connectivity index is 1.59. The minimum Gasteiger partial charge on any atom is -0.368 e. The number of benzene rings is 1. The lowest BCUT2D eigenvalue weighted by molar-refractivity contribution is 0.368. The maximum absolute atomic E-state index is 6.18. The van der Waals surface area contributed by atoms with Gasteiger partial charge in [0.05, 0.1) is 6.54 Å². The number of rotatable bonds is 5. The first kappa shape index (κ1) is 19.5. The average molecular weight is 391 g/mol. The molecule has 0 radical (unpaired) electrons. The van der Waals surface area contributed by atoms with E-state index < -0.39 is 0 Å². The van der Waals surface area contributed by atoms with Crippen molar-refractivity contribution in [3.8, 4) is 0 Å². The summed E-state index contributed by atoms with van der Waals surface area (Å²) in [5.41, 5.74) is 2.47. The van der Waals surface area contributed by atoms with Gasteiger partial charge in [-0.2, -0.15) is 4.98 Å². The van der Waals surface area contributed by atoms with Crippen molar-refractivity contribution in [2.24, 2.45) is 4.99 Å². The summed E-state index contributed by atoms with van der Waals surface area (Å²) >= 11 is 6.18. The third-order valence-corrected chi connectivity index (χ3v) is 4.82. The van der Waals surface area contributed by atoms with Crippen molar-refractivity contribution in [1.82, 2.24) is 20.4 Å². The Morgan fingerprint density at radius 1 is 1.26 bits per heavy atom. The minimum absolute atomic E-state index is 0.623. The predicted octanol–water partition coefficient (Wildman–Crippen LogP) is 2.67. The van der Waals surface area contributed by atoms with Crippen LogP contribution >= 0.6 is 11.6 Å². The molecule has 2 aromatic rings. The van der Waals surface area contributed by atoms with Crippen LogP contribution in [-0.2, 0) is 6.42 Å². The van der Waals surface area contributed by atoms with Crippen molar-refractivity contribution in [3.05, 3.63) is 40.5 Å². The lowest BCUT2D eigenvalue weighted by atomic mass is 10.1. The number of piperazine rings is 1. The third kappa shape index (κ3) is 5.13. The largest absolute Gasteiger partial charge is 0.368 e. The molecular formula is C19H27ClN6O. The van der Waals surface area contributed by atoms with Crippen LogP contribution in [0.5, 0.6) is 0 Å². The Morgan fingerprint density at radius 3 is 2.70 bits per heavy atom. The fourth-order valence-corrected chi connectivity index (χ4v) is 3.37. The Bertz CT molecular complexity index is 782. The number of aryl methyl sites for hydroxylation is 2. The van der Waals surface area contributed by atoms with E-state index >= 15 is 0 Å². The van der Waals surface area contributed by atoms with Gasteiger partial charge in [-0.05, 0) is 38.5 Å². The molecule has 0 saturated carbocycles. The summed E-state index contributed by atoms with van der Waals surface area (Å²) in [4.78, 5) is 13.7. The number of nitrogens with one attached hydrogen (secondary N) is 1. The predicted molar refractivity (Wildman–Crippen MR) is 109 cm³/mol. The van der Waals surface area contributed by atoms with E-state index in [1.54, 1.807) is 0 Å². The van der Waals surface area contributed by atoms with Crippen LogP contribution in [0.4, 0.5) is 5.69 Å². The Hall–Kier alpha value is -2.28. The molecule has 1 saturated heterocycles. The zero-order valence-electron chi connectivity index (χ0n) is 16.2. The molecule has 1 aliphatic rings. The van der Waals surface area contributed by atoms with Crippen molar-refractivity contribution < 1.29 is 4.52 Å². The van der Waals surface area contributed by atoms with Gasteiger partial charge in [0.1, 0.15) is 0 Å². The van der Waals surface area contributed by atoms with Gasteiger partial charge in [0, 0.05) is 49.9 Å². The first-order valence-electron chi connectivity index (χ1n) is 9.40. The summed E-state index contributed by atoms with van der Waals surface area (Å²) in [6.07, 6.45) is 0.650. The van der Waals surface area contributed by atoms with E-state index in [4.69, 9.17) is 21.1 Å². The summed E-state index contributed by atoms with van der Waals surface area (Å²) in [6.45, 7) is 11.2. The summed E-state index contributed by atoms with van der Waals surface area (Å²) in [5.74, 6) is 2.23. The Morgan fingerprint density at radius 2 is 2.04 bits per heavy atom. The van der Waals surface area contributed by atoms with Crippen LogP contribution in [0, 0.1) is 13.8 Å². The second kappa shape index (κ2) is 9.08. The highest BCUT2D eigenvalue weighted by Crippen LogP contribution is 2.25. The van der Waals surface area contributed by atoms with E-state index in [1.165, 1.54) is 11.3 Å². The normalized spacial score (nSPS) is 15.3.